The van der Waals surface area contributed by atoms with Gasteiger partial charge in [0.15, 0.2) is 5.78 Å². The van der Waals surface area contributed by atoms with Gasteiger partial charge in [-0.25, -0.2) is 0 Å². The second-order valence-corrected chi connectivity index (χ2v) is 6.57. The molecule has 0 spiro atoms. The Morgan fingerprint density at radius 1 is 1.37 bits per heavy atom. The van der Waals surface area contributed by atoms with Crippen LogP contribution >= 0.6 is 0 Å². The van der Waals surface area contributed by atoms with Crippen molar-refractivity contribution in [3.05, 3.63) is 69.5 Å². The maximum absolute atomic E-state index is 13.0. The zero-order valence-corrected chi connectivity index (χ0v) is 15.7. The maximum atomic E-state index is 13.0. The summed E-state index contributed by atoms with van der Waals surface area (Å²) in [5, 5.41) is 20.0. The van der Waals surface area contributed by atoms with Crippen molar-refractivity contribution in [1.82, 2.24) is 4.57 Å². The number of aromatic nitrogens is 1. The van der Waals surface area contributed by atoms with E-state index in [1.807, 2.05) is 19.9 Å². The second kappa shape index (κ2) is 8.37. The number of carbonyl (C=O) groups is 1. The van der Waals surface area contributed by atoms with Gasteiger partial charge in [-0.05, 0) is 42.7 Å². The highest BCUT2D eigenvalue weighted by Crippen LogP contribution is 2.26. The molecule has 1 N–H and O–H groups in total. The molecule has 0 aliphatic carbocycles. The highest BCUT2D eigenvalue weighted by atomic mass is 16.5. The van der Waals surface area contributed by atoms with Crippen molar-refractivity contribution in [2.24, 2.45) is 5.92 Å². The van der Waals surface area contributed by atoms with Gasteiger partial charge in [-0.1, -0.05) is 26.5 Å². The summed E-state index contributed by atoms with van der Waals surface area (Å²) in [6.07, 6.45) is 1.61. The average molecular weight is 366 g/mol. The van der Waals surface area contributed by atoms with Gasteiger partial charge in [0.05, 0.1) is 5.56 Å². The van der Waals surface area contributed by atoms with Gasteiger partial charge in [-0.2, -0.15) is 5.26 Å². The Hall–Kier alpha value is -3.33. The number of carbonyl (C=O) groups excluding carboxylic acids is 1. The normalized spacial score (nSPS) is 10.5. The number of nitriles is 1. The van der Waals surface area contributed by atoms with Crippen LogP contribution in [0.5, 0.6) is 11.6 Å². The number of hydrogen-bond donors (Lipinski definition) is 1. The van der Waals surface area contributed by atoms with E-state index in [9.17, 15) is 20.0 Å². The molecule has 0 amide bonds. The third-order valence-corrected chi connectivity index (χ3v) is 4.06. The Morgan fingerprint density at radius 2 is 2.00 bits per heavy atom. The number of nitrogens with zero attached hydrogens (tertiary/aromatic N) is 2. The molecule has 0 radical (unpaired) electrons. The van der Waals surface area contributed by atoms with Crippen LogP contribution in [0.4, 0.5) is 0 Å². The monoisotopic (exact) mass is 366 g/mol. The molecule has 1 heterocycles. The minimum absolute atomic E-state index is 0.0356. The van der Waals surface area contributed by atoms with Gasteiger partial charge < -0.3 is 9.84 Å². The third-order valence-electron chi connectivity index (χ3n) is 4.06. The number of rotatable bonds is 7. The van der Waals surface area contributed by atoms with Gasteiger partial charge in [0.1, 0.15) is 24.0 Å². The molecule has 6 nitrogen and oxygen atoms in total. The summed E-state index contributed by atoms with van der Waals surface area (Å²) in [5.74, 6) is -0.251. The first-order valence-electron chi connectivity index (χ1n) is 8.56. The standard InChI is InChI=1S/C21H22N2O4/c1-5-10-27-16-8-6-15(7-9-16)19(24)18-14(4)17(11-22)20(25)23(21(18)26)12-13(2)3/h5-9,13,26H,1,10,12H2,2-4H3. The van der Waals surface area contributed by atoms with Gasteiger partial charge in [0, 0.05) is 12.1 Å². The molecule has 2 rings (SSSR count). The van der Waals surface area contributed by atoms with Crippen LogP contribution in [0.25, 0.3) is 0 Å². The topological polar surface area (TPSA) is 92.3 Å². The van der Waals surface area contributed by atoms with Crippen LogP contribution in [-0.4, -0.2) is 22.1 Å². The molecule has 0 saturated carbocycles. The predicted octanol–water partition coefficient (Wildman–Crippen LogP) is 3.19. The van der Waals surface area contributed by atoms with Gasteiger partial charge in [0.2, 0.25) is 5.88 Å². The Bertz CT molecular complexity index is 964. The van der Waals surface area contributed by atoms with E-state index < -0.39 is 17.2 Å². The zero-order valence-electron chi connectivity index (χ0n) is 15.7. The summed E-state index contributed by atoms with van der Waals surface area (Å²) in [7, 11) is 0. The summed E-state index contributed by atoms with van der Waals surface area (Å²) in [5.41, 5.74) is -0.268. The molecule has 1 aromatic heterocycles. The lowest BCUT2D eigenvalue weighted by atomic mass is 9.97. The number of benzene rings is 1. The molecule has 0 atom stereocenters. The van der Waals surface area contributed by atoms with E-state index in [2.05, 4.69) is 6.58 Å². The number of aromatic hydroxyl groups is 1. The largest absolute Gasteiger partial charge is 0.494 e. The molecule has 0 unspecified atom stereocenters. The van der Waals surface area contributed by atoms with Gasteiger partial charge >= 0.3 is 0 Å². The summed E-state index contributed by atoms with van der Waals surface area (Å²) < 4.78 is 6.48. The van der Waals surface area contributed by atoms with Gasteiger partial charge in [-0.15, -0.1) is 0 Å². The summed E-state index contributed by atoms with van der Waals surface area (Å²) in [4.78, 5) is 25.5. The van der Waals surface area contributed by atoms with Crippen molar-refractivity contribution < 1.29 is 14.6 Å². The van der Waals surface area contributed by atoms with Crippen LogP contribution < -0.4 is 10.3 Å². The first kappa shape index (κ1) is 20.0. The maximum Gasteiger partial charge on any atom is 0.271 e. The molecule has 1 aromatic carbocycles. The molecular formula is C21H22N2O4. The van der Waals surface area contributed by atoms with E-state index >= 15 is 0 Å². The second-order valence-electron chi connectivity index (χ2n) is 6.57. The van der Waals surface area contributed by atoms with Crippen molar-refractivity contribution in [2.75, 3.05) is 6.61 Å². The zero-order chi connectivity index (χ0) is 20.1. The van der Waals surface area contributed by atoms with E-state index in [0.29, 0.717) is 17.9 Å². The number of ketones is 1. The van der Waals surface area contributed by atoms with Crippen LogP contribution in [0.15, 0.2) is 41.7 Å². The Kier molecular flexibility index (Phi) is 6.19. The summed E-state index contributed by atoms with van der Waals surface area (Å²) >= 11 is 0. The molecule has 0 bridgehead atoms. The highest BCUT2D eigenvalue weighted by Gasteiger charge is 2.25. The van der Waals surface area contributed by atoms with Crippen LogP contribution in [0.2, 0.25) is 0 Å². The number of hydrogen-bond acceptors (Lipinski definition) is 5. The van der Waals surface area contributed by atoms with E-state index in [1.165, 1.54) is 6.92 Å². The van der Waals surface area contributed by atoms with Crippen molar-refractivity contribution in [3.8, 4) is 17.7 Å². The van der Waals surface area contributed by atoms with E-state index in [4.69, 9.17) is 4.74 Å². The van der Waals surface area contributed by atoms with E-state index in [1.54, 1.807) is 30.3 Å². The van der Waals surface area contributed by atoms with Crippen molar-refractivity contribution in [3.63, 3.8) is 0 Å². The molecule has 0 aliphatic heterocycles. The van der Waals surface area contributed by atoms with Gasteiger partial charge in [-0.3, -0.25) is 14.2 Å². The molecule has 0 saturated heterocycles. The van der Waals surface area contributed by atoms with Crippen LogP contribution in [-0.2, 0) is 6.54 Å². The quantitative estimate of drug-likeness (QED) is 0.600. The number of pyridine rings is 1. The lowest BCUT2D eigenvalue weighted by molar-refractivity contribution is 0.103. The van der Waals surface area contributed by atoms with Crippen LogP contribution in [0.3, 0.4) is 0 Å². The van der Waals surface area contributed by atoms with Crippen molar-refractivity contribution >= 4 is 5.78 Å². The van der Waals surface area contributed by atoms with E-state index in [-0.39, 0.29) is 29.2 Å². The predicted molar refractivity (Wildman–Crippen MR) is 102 cm³/mol. The van der Waals surface area contributed by atoms with Crippen molar-refractivity contribution in [1.29, 1.82) is 5.26 Å². The molecule has 2 aromatic rings. The Morgan fingerprint density at radius 3 is 2.52 bits per heavy atom. The van der Waals surface area contributed by atoms with Crippen molar-refractivity contribution in [2.45, 2.75) is 27.3 Å². The van der Waals surface area contributed by atoms with Crippen LogP contribution in [0, 0.1) is 24.2 Å². The summed E-state index contributed by atoms with van der Waals surface area (Å²) in [6.45, 7) is 9.37. The molecule has 27 heavy (non-hydrogen) atoms. The molecule has 6 heteroatoms. The smallest absolute Gasteiger partial charge is 0.271 e. The van der Waals surface area contributed by atoms with Gasteiger partial charge in [0.25, 0.3) is 5.56 Å². The van der Waals surface area contributed by atoms with E-state index in [0.717, 1.165) is 4.57 Å². The fourth-order valence-corrected chi connectivity index (χ4v) is 2.76. The fourth-order valence-electron chi connectivity index (χ4n) is 2.76. The number of ether oxygens (including phenoxy) is 1. The SMILES string of the molecule is C=CCOc1ccc(C(=O)c2c(C)c(C#N)c(=O)n(CC(C)C)c2O)cc1. The third kappa shape index (κ3) is 4.09. The Balaban J connectivity index is 2.56. The highest BCUT2D eigenvalue weighted by molar-refractivity contribution is 6.11. The minimum atomic E-state index is -0.592. The lowest BCUT2D eigenvalue weighted by Gasteiger charge is -2.17. The summed E-state index contributed by atoms with van der Waals surface area (Å²) in [6, 6.07) is 8.28. The molecule has 0 aliphatic rings. The average Bonchev–Trinajstić information content (AvgIpc) is 2.64. The van der Waals surface area contributed by atoms with Crippen LogP contribution in [0.1, 0.15) is 40.9 Å². The Labute approximate surface area is 158 Å². The molecular weight excluding hydrogens is 344 g/mol. The molecule has 0 fully saturated rings. The molecule has 140 valence electrons. The first-order chi connectivity index (χ1) is 12.8. The minimum Gasteiger partial charge on any atom is -0.494 e. The fraction of sp³-hybridized carbons (Fsp3) is 0.286. The first-order valence-corrected chi connectivity index (χ1v) is 8.56. The lowest BCUT2D eigenvalue weighted by Crippen LogP contribution is -2.28.